The van der Waals surface area contributed by atoms with Crippen LogP contribution in [0, 0.1) is 11.6 Å². The summed E-state index contributed by atoms with van der Waals surface area (Å²) in [7, 11) is 0. The van der Waals surface area contributed by atoms with Crippen LogP contribution in [0.3, 0.4) is 0 Å². The van der Waals surface area contributed by atoms with Gasteiger partial charge in [-0.2, -0.15) is 10.2 Å². The summed E-state index contributed by atoms with van der Waals surface area (Å²) >= 11 is 0. The Morgan fingerprint density at radius 1 is 0.686 bits per heavy atom. The van der Waals surface area contributed by atoms with E-state index in [9.17, 15) is 23.5 Å². The molecule has 11 nitrogen and oxygen atoms in total. The number of aromatic nitrogens is 6. The van der Waals surface area contributed by atoms with Crippen LogP contribution in [0.5, 0.6) is 0 Å². The van der Waals surface area contributed by atoms with Crippen molar-refractivity contribution in [1.29, 1.82) is 0 Å². The van der Waals surface area contributed by atoms with Gasteiger partial charge in [0.05, 0.1) is 18.0 Å². The van der Waals surface area contributed by atoms with Gasteiger partial charge in [-0.3, -0.25) is 19.3 Å². The maximum Gasteiger partial charge on any atom is 1.00 e. The predicted octanol–water partition coefficient (Wildman–Crippen LogP) is 3.99. The molecule has 4 aromatic heterocycles. The minimum absolute atomic E-state index is 0. The van der Waals surface area contributed by atoms with Gasteiger partial charge in [0.2, 0.25) is 0 Å². The van der Waals surface area contributed by atoms with Crippen molar-refractivity contribution in [3.05, 3.63) is 144 Å². The van der Waals surface area contributed by atoms with Crippen LogP contribution in [0.4, 0.5) is 8.78 Å². The summed E-state index contributed by atoms with van der Waals surface area (Å²) < 4.78 is 34.1. The van der Waals surface area contributed by atoms with Gasteiger partial charge in [0, 0.05) is 37.6 Å². The fourth-order valence-electron chi connectivity index (χ4n) is 4.77. The van der Waals surface area contributed by atoms with Crippen LogP contribution in [-0.4, -0.2) is 58.7 Å². The number of aryl methyl sites for hydroxylation is 4. The maximum absolute atomic E-state index is 13.0. The number of carbonyl (C=O) groups excluding carboxylic acids is 1. The van der Waals surface area contributed by atoms with Gasteiger partial charge in [-0.15, -0.1) is 0 Å². The quantitative estimate of drug-likeness (QED) is 0.157. The molecule has 0 aliphatic rings. The fourth-order valence-corrected chi connectivity index (χ4v) is 4.77. The summed E-state index contributed by atoms with van der Waals surface area (Å²) in [6.45, 7) is 2.92. The summed E-state index contributed by atoms with van der Waals surface area (Å²) in [5, 5.41) is 18.2. The van der Waals surface area contributed by atoms with E-state index in [0.29, 0.717) is 61.0 Å². The first-order chi connectivity index (χ1) is 23.3. The van der Waals surface area contributed by atoms with Crippen LogP contribution in [-0.2, 0) is 30.7 Å². The zero-order chi connectivity index (χ0) is 33.9. The number of aromatic carboxylic acids is 1. The summed E-state index contributed by atoms with van der Waals surface area (Å²) in [6, 6.07) is 26.5. The van der Waals surface area contributed by atoms with Crippen LogP contribution < -0.4 is 18.9 Å². The van der Waals surface area contributed by atoms with E-state index in [0.717, 1.165) is 11.1 Å². The molecule has 14 heteroatoms. The van der Waals surface area contributed by atoms with Gasteiger partial charge in [-0.1, -0.05) is 43.8 Å². The number of nitrogens with zero attached hydrogens (tertiary/aromatic N) is 6. The van der Waals surface area contributed by atoms with Crippen molar-refractivity contribution in [3.63, 3.8) is 0 Å². The second-order valence-corrected chi connectivity index (χ2v) is 10.5. The van der Waals surface area contributed by atoms with E-state index in [1.165, 1.54) is 35.0 Å². The Balaban J connectivity index is 0.000000335. The van der Waals surface area contributed by atoms with Crippen molar-refractivity contribution in [2.45, 2.75) is 40.3 Å². The molecule has 0 aliphatic heterocycles. The molecule has 0 bridgehead atoms. The number of carboxylic acid groups (broad SMARTS) is 1. The van der Waals surface area contributed by atoms with E-state index in [2.05, 4.69) is 20.2 Å². The standard InChI is InChI=1S/C19H18FN3O2.C17H14FN3O2.CH4.Li.H2O/c1-2-25-19(24)18-13-17(16-5-3-4-11-21-16)22-23(18)12-10-14-6-8-15(20)9-7-14;18-13-6-4-12(5-7-13)8-10-21-16(17(22)23)11-15(20-21)14-3-1-2-9-19-14;;;/h3-9,11,13H,2,10,12H2,1H3;1-7,9,11H,8,10H2,(H,22,23);1H4;;1H2/q;;;+1;/p-1. The number of ether oxygens (including phenoxy) is 1. The number of benzene rings is 2. The molecule has 260 valence electrons. The van der Waals surface area contributed by atoms with Crippen LogP contribution >= 0.6 is 0 Å². The average molecular weight is 691 g/mol. The number of carbonyl (C=O) groups is 2. The molecule has 2 N–H and O–H groups in total. The summed E-state index contributed by atoms with van der Waals surface area (Å²) in [5.74, 6) is -2.03. The van der Waals surface area contributed by atoms with Crippen LogP contribution in [0.2, 0.25) is 0 Å². The van der Waals surface area contributed by atoms with Crippen LogP contribution in [0.25, 0.3) is 22.8 Å². The number of carboxylic acids is 1. The molecule has 6 rings (SSSR count). The molecule has 0 amide bonds. The Morgan fingerprint density at radius 2 is 1.12 bits per heavy atom. The maximum atomic E-state index is 13.0. The number of hydrogen-bond acceptors (Lipinski definition) is 8. The van der Waals surface area contributed by atoms with Crippen LogP contribution in [0.15, 0.2) is 109 Å². The molecular weight excluding hydrogens is 653 g/mol. The zero-order valence-electron chi connectivity index (χ0n) is 27.5. The third-order valence-corrected chi connectivity index (χ3v) is 7.17. The average Bonchev–Trinajstić information content (AvgIpc) is 3.75. The Kier molecular flexibility index (Phi) is 16.6. The van der Waals surface area contributed by atoms with Crippen molar-refractivity contribution in [3.8, 4) is 22.8 Å². The van der Waals surface area contributed by atoms with E-state index >= 15 is 0 Å². The number of hydrogen-bond donors (Lipinski definition) is 1. The van der Waals surface area contributed by atoms with E-state index in [1.54, 1.807) is 66.5 Å². The van der Waals surface area contributed by atoms with Gasteiger partial charge in [-0.25, -0.2) is 18.4 Å². The minimum atomic E-state index is -1.04. The topological polar surface area (TPSA) is 155 Å². The molecule has 0 atom stereocenters. The normalized spacial score (nSPS) is 10.0. The Morgan fingerprint density at radius 3 is 1.51 bits per heavy atom. The molecule has 0 unspecified atom stereocenters. The number of rotatable bonds is 11. The van der Waals surface area contributed by atoms with Gasteiger partial charge in [-0.05, 0) is 79.4 Å². The largest absolute Gasteiger partial charge is 1.00 e. The molecule has 51 heavy (non-hydrogen) atoms. The predicted molar refractivity (Wildman–Crippen MR) is 183 cm³/mol. The molecule has 0 saturated heterocycles. The second-order valence-electron chi connectivity index (χ2n) is 10.5. The van der Waals surface area contributed by atoms with E-state index < -0.39 is 11.9 Å². The molecule has 0 radical (unpaired) electrons. The van der Waals surface area contributed by atoms with Gasteiger partial charge >= 0.3 is 30.8 Å². The number of halogens is 2. The molecule has 4 heterocycles. The SMILES string of the molecule is C.CCOC(=O)c1cc(-c2ccccn2)nn1CCc1ccc(F)cc1.O=C(O)c1cc(-c2ccccn2)nn1CCc1ccc(F)cc1.[Li+].[OH-]. The third-order valence-electron chi connectivity index (χ3n) is 7.17. The zero-order valence-corrected chi connectivity index (χ0v) is 27.5. The van der Waals surface area contributed by atoms with Gasteiger partial charge < -0.3 is 15.3 Å². The van der Waals surface area contributed by atoms with Crippen molar-refractivity contribution >= 4 is 11.9 Å². The van der Waals surface area contributed by atoms with Gasteiger partial charge in [0.15, 0.2) is 0 Å². The molecule has 2 aromatic carbocycles. The van der Waals surface area contributed by atoms with E-state index in [4.69, 9.17) is 4.74 Å². The first kappa shape index (κ1) is 41.7. The van der Waals surface area contributed by atoms with E-state index in [-0.39, 0.29) is 49.1 Å². The van der Waals surface area contributed by atoms with Crippen molar-refractivity contribution in [2.75, 3.05) is 6.61 Å². The smallest absolute Gasteiger partial charge is 0.870 e. The molecule has 0 aliphatic carbocycles. The first-order valence-corrected chi connectivity index (χ1v) is 15.2. The summed E-state index contributed by atoms with van der Waals surface area (Å²) in [4.78, 5) is 32.1. The minimum Gasteiger partial charge on any atom is -0.870 e. The first-order valence-electron chi connectivity index (χ1n) is 15.2. The molecule has 6 aromatic rings. The molecular formula is C37H37F2LiN6O5. The molecule has 0 spiro atoms. The van der Waals surface area contributed by atoms with Crippen molar-refractivity contribution in [1.82, 2.24) is 29.5 Å². The summed E-state index contributed by atoms with van der Waals surface area (Å²) in [5.41, 5.74) is 4.80. The van der Waals surface area contributed by atoms with E-state index in [1.807, 2.05) is 24.3 Å². The number of pyridine rings is 2. The Labute approximate surface area is 306 Å². The van der Waals surface area contributed by atoms with Crippen molar-refractivity contribution < 1.29 is 52.6 Å². The van der Waals surface area contributed by atoms with Crippen LogP contribution in [0.1, 0.15) is 46.5 Å². The van der Waals surface area contributed by atoms with Gasteiger partial charge in [0.25, 0.3) is 0 Å². The van der Waals surface area contributed by atoms with Crippen molar-refractivity contribution in [2.24, 2.45) is 0 Å². The second kappa shape index (κ2) is 20.3. The molecule has 0 fully saturated rings. The van der Waals surface area contributed by atoms with Gasteiger partial charge in [0.1, 0.15) is 34.4 Å². The Hall–Kier alpha value is -5.48. The Bertz CT molecular complexity index is 1960. The molecule has 0 saturated carbocycles. The summed E-state index contributed by atoms with van der Waals surface area (Å²) in [6.07, 6.45) is 4.49. The monoisotopic (exact) mass is 690 g/mol. The fraction of sp³-hybridized carbons (Fsp3) is 0.189. The third kappa shape index (κ3) is 11.5. The number of esters is 1.